The Hall–Kier alpha value is -3.17. The van der Waals surface area contributed by atoms with Gasteiger partial charge in [-0.05, 0) is 18.9 Å². The third-order valence-electron chi connectivity index (χ3n) is 4.86. The first-order valence-electron chi connectivity index (χ1n) is 8.89. The zero-order chi connectivity index (χ0) is 20.8. The largest absolute Gasteiger partial charge is 0.481 e. The lowest BCUT2D eigenvalue weighted by Gasteiger charge is -2.31. The van der Waals surface area contributed by atoms with Crippen molar-refractivity contribution < 1.29 is 24.4 Å². The molecule has 1 heterocycles. The fourth-order valence-corrected chi connectivity index (χ4v) is 3.12. The summed E-state index contributed by atoms with van der Waals surface area (Å²) in [4.78, 5) is 50.7. The number of hydrogen-bond acceptors (Lipinski definition) is 6. The predicted octanol–water partition coefficient (Wildman–Crippen LogP) is 0.813. The maximum absolute atomic E-state index is 12.4. The molecule has 10 nitrogen and oxygen atoms in total. The molecule has 1 fully saturated rings. The number of piperidine rings is 1. The highest BCUT2D eigenvalue weighted by Crippen LogP contribution is 2.26. The molecule has 2 amide bonds. The highest BCUT2D eigenvalue weighted by Gasteiger charge is 2.28. The highest BCUT2D eigenvalue weighted by atomic mass is 16.6. The minimum absolute atomic E-state index is 0.0992. The van der Waals surface area contributed by atoms with Crippen molar-refractivity contribution in [2.75, 3.05) is 45.2 Å². The molecular weight excluding hydrogens is 368 g/mol. The molecule has 0 aliphatic carbocycles. The molecular formula is C18H24N4O6. The van der Waals surface area contributed by atoms with Crippen LogP contribution in [0.4, 0.5) is 11.4 Å². The fourth-order valence-electron chi connectivity index (χ4n) is 3.12. The number of aliphatic carboxylic acids is 1. The molecule has 0 bridgehead atoms. The first kappa shape index (κ1) is 21.1. The van der Waals surface area contributed by atoms with Crippen LogP contribution in [0.1, 0.15) is 12.8 Å². The van der Waals surface area contributed by atoms with Gasteiger partial charge in [-0.3, -0.25) is 24.5 Å². The highest BCUT2D eigenvalue weighted by molar-refractivity contribution is 5.87. The first-order chi connectivity index (χ1) is 13.2. The van der Waals surface area contributed by atoms with Crippen molar-refractivity contribution in [2.24, 2.45) is 5.92 Å². The molecule has 1 aromatic rings. The molecule has 1 aliphatic heterocycles. The van der Waals surface area contributed by atoms with Crippen molar-refractivity contribution in [1.82, 2.24) is 9.80 Å². The quantitative estimate of drug-likeness (QED) is 0.538. The molecule has 0 aromatic heterocycles. The van der Waals surface area contributed by atoms with Gasteiger partial charge in [0.2, 0.25) is 11.8 Å². The standard InChI is InChI=1S/C18H24N4O6/c1-19(14-5-3-4-6-15(14)22(27)28)11-16(23)20(2)12-17(24)21-9-7-13(8-10-21)18(25)26/h3-6,13H,7-12H2,1-2H3,(H,25,26). The Morgan fingerprint density at radius 1 is 1.18 bits per heavy atom. The normalized spacial score (nSPS) is 14.4. The van der Waals surface area contributed by atoms with Crippen LogP contribution in [0.2, 0.25) is 0 Å². The Morgan fingerprint density at radius 3 is 2.36 bits per heavy atom. The Kier molecular flexibility index (Phi) is 6.91. The van der Waals surface area contributed by atoms with E-state index in [1.54, 1.807) is 30.1 Å². The van der Waals surface area contributed by atoms with Crippen LogP contribution in [0.3, 0.4) is 0 Å². The van der Waals surface area contributed by atoms with Gasteiger partial charge in [-0.1, -0.05) is 12.1 Å². The summed E-state index contributed by atoms with van der Waals surface area (Å²) in [6, 6.07) is 6.13. The van der Waals surface area contributed by atoms with Crippen LogP contribution in [0.15, 0.2) is 24.3 Å². The van der Waals surface area contributed by atoms with E-state index in [0.29, 0.717) is 31.6 Å². The third kappa shape index (κ3) is 5.18. The predicted molar refractivity (Wildman–Crippen MR) is 101 cm³/mol. The van der Waals surface area contributed by atoms with E-state index in [1.807, 2.05) is 0 Å². The Balaban J connectivity index is 1.90. The Morgan fingerprint density at radius 2 is 1.79 bits per heavy atom. The lowest BCUT2D eigenvalue weighted by molar-refractivity contribution is -0.384. The van der Waals surface area contributed by atoms with Crippen molar-refractivity contribution in [1.29, 1.82) is 0 Å². The van der Waals surface area contributed by atoms with Crippen LogP contribution >= 0.6 is 0 Å². The molecule has 1 saturated heterocycles. The number of hydrogen-bond donors (Lipinski definition) is 1. The van der Waals surface area contributed by atoms with Crippen molar-refractivity contribution >= 4 is 29.2 Å². The van der Waals surface area contributed by atoms with E-state index >= 15 is 0 Å². The fraction of sp³-hybridized carbons (Fsp3) is 0.500. The van der Waals surface area contributed by atoms with Gasteiger partial charge >= 0.3 is 5.97 Å². The zero-order valence-corrected chi connectivity index (χ0v) is 15.9. The van der Waals surface area contributed by atoms with E-state index in [1.165, 1.54) is 22.9 Å². The summed E-state index contributed by atoms with van der Waals surface area (Å²) in [6.07, 6.45) is 0.804. The number of nitrogens with zero attached hydrogens (tertiary/aromatic N) is 4. The van der Waals surface area contributed by atoms with Crippen LogP contribution in [0.25, 0.3) is 0 Å². The third-order valence-corrected chi connectivity index (χ3v) is 4.86. The molecule has 10 heteroatoms. The molecule has 0 atom stereocenters. The molecule has 28 heavy (non-hydrogen) atoms. The second kappa shape index (κ2) is 9.16. The molecule has 1 aromatic carbocycles. The molecule has 0 saturated carbocycles. The van der Waals surface area contributed by atoms with Crippen LogP contribution in [0.5, 0.6) is 0 Å². The summed E-state index contributed by atoms with van der Waals surface area (Å²) in [6.45, 7) is 0.471. The number of likely N-dealkylation sites (tertiary alicyclic amines) is 1. The van der Waals surface area contributed by atoms with Crippen LogP contribution in [-0.4, -0.2) is 77.9 Å². The van der Waals surface area contributed by atoms with Gasteiger partial charge in [-0.2, -0.15) is 0 Å². The van der Waals surface area contributed by atoms with E-state index in [9.17, 15) is 24.5 Å². The summed E-state index contributed by atoms with van der Waals surface area (Å²) >= 11 is 0. The number of carboxylic acids is 1. The number of nitro groups is 1. The second-order valence-corrected chi connectivity index (χ2v) is 6.84. The Labute approximate surface area is 162 Å². The molecule has 2 rings (SSSR count). The lowest BCUT2D eigenvalue weighted by Crippen LogP contribution is -2.47. The van der Waals surface area contributed by atoms with Gasteiger partial charge in [-0.25, -0.2) is 0 Å². The van der Waals surface area contributed by atoms with Gasteiger partial charge in [0.25, 0.3) is 5.69 Å². The summed E-state index contributed by atoms with van der Waals surface area (Å²) in [7, 11) is 3.07. The van der Waals surface area contributed by atoms with Gasteiger partial charge in [0.05, 0.1) is 23.9 Å². The van der Waals surface area contributed by atoms with E-state index in [-0.39, 0.29) is 30.6 Å². The van der Waals surface area contributed by atoms with Crippen LogP contribution < -0.4 is 4.90 Å². The van der Waals surface area contributed by atoms with Gasteiger partial charge in [0, 0.05) is 33.3 Å². The average Bonchev–Trinajstić information content (AvgIpc) is 2.67. The zero-order valence-electron chi connectivity index (χ0n) is 15.9. The number of likely N-dealkylation sites (N-methyl/N-ethyl adjacent to an activating group) is 2. The summed E-state index contributed by atoms with van der Waals surface area (Å²) in [5, 5.41) is 20.1. The minimum atomic E-state index is -0.850. The number of para-hydroxylation sites is 2. The van der Waals surface area contributed by atoms with E-state index in [2.05, 4.69) is 0 Å². The maximum atomic E-state index is 12.4. The van der Waals surface area contributed by atoms with E-state index in [0.717, 1.165) is 0 Å². The molecule has 0 unspecified atom stereocenters. The van der Waals surface area contributed by atoms with Gasteiger partial charge in [0.1, 0.15) is 5.69 Å². The minimum Gasteiger partial charge on any atom is -0.481 e. The van der Waals surface area contributed by atoms with Gasteiger partial charge in [-0.15, -0.1) is 0 Å². The van der Waals surface area contributed by atoms with E-state index in [4.69, 9.17) is 5.11 Å². The lowest BCUT2D eigenvalue weighted by atomic mass is 9.97. The summed E-state index contributed by atoms with van der Waals surface area (Å²) < 4.78 is 0. The molecule has 0 spiro atoms. The summed E-state index contributed by atoms with van der Waals surface area (Å²) in [5.74, 6) is -1.88. The van der Waals surface area contributed by atoms with Crippen molar-refractivity contribution in [3.63, 3.8) is 0 Å². The maximum Gasteiger partial charge on any atom is 0.306 e. The van der Waals surface area contributed by atoms with Gasteiger partial charge < -0.3 is 19.8 Å². The van der Waals surface area contributed by atoms with Gasteiger partial charge in [0.15, 0.2) is 0 Å². The second-order valence-electron chi connectivity index (χ2n) is 6.84. The topological polar surface area (TPSA) is 124 Å². The number of anilines is 1. The number of nitro benzene ring substituents is 1. The molecule has 1 N–H and O–H groups in total. The number of amides is 2. The SMILES string of the molecule is CN(CC(=O)N1CCC(C(=O)O)CC1)C(=O)CN(C)c1ccccc1[N+](=O)[O-]. The van der Waals surface area contributed by atoms with Crippen LogP contribution in [-0.2, 0) is 14.4 Å². The van der Waals surface area contributed by atoms with Crippen LogP contribution in [0, 0.1) is 16.0 Å². The molecule has 1 aliphatic rings. The number of benzene rings is 1. The molecule has 152 valence electrons. The van der Waals surface area contributed by atoms with Crippen molar-refractivity contribution in [2.45, 2.75) is 12.8 Å². The monoisotopic (exact) mass is 392 g/mol. The number of carbonyl (C=O) groups is 3. The summed E-state index contributed by atoms with van der Waals surface area (Å²) in [5.41, 5.74) is 0.217. The first-order valence-corrected chi connectivity index (χ1v) is 8.89. The number of rotatable bonds is 7. The molecule has 0 radical (unpaired) electrons. The van der Waals surface area contributed by atoms with Crippen molar-refractivity contribution in [3.05, 3.63) is 34.4 Å². The number of carbonyl (C=O) groups excluding carboxylic acids is 2. The van der Waals surface area contributed by atoms with Crippen molar-refractivity contribution in [3.8, 4) is 0 Å². The smallest absolute Gasteiger partial charge is 0.306 e. The number of carboxylic acid groups (broad SMARTS) is 1. The van der Waals surface area contributed by atoms with E-state index < -0.39 is 16.8 Å². The average molecular weight is 392 g/mol. The Bertz CT molecular complexity index is 760.